The Bertz CT molecular complexity index is 660. The summed E-state index contributed by atoms with van der Waals surface area (Å²) in [6.45, 7) is 1.17. The number of nitro benzene ring substituents is 1. The maximum absolute atomic E-state index is 12.3. The highest BCUT2D eigenvalue weighted by Crippen LogP contribution is 2.29. The van der Waals surface area contributed by atoms with Crippen LogP contribution < -0.4 is 0 Å². The summed E-state index contributed by atoms with van der Waals surface area (Å²) in [6, 6.07) is 2.09. The number of likely N-dealkylation sites (N-methyl/N-ethyl adjacent to an activating group) is 1. The summed E-state index contributed by atoms with van der Waals surface area (Å²) in [5.74, 6) is -1.35. The summed E-state index contributed by atoms with van der Waals surface area (Å²) >= 11 is 3.01. The molecular weight excluding hydrogens is 356 g/mol. The molecular formula is C10H11BrN2O6S. The van der Waals surface area contributed by atoms with E-state index < -0.39 is 37.5 Å². The fourth-order valence-electron chi connectivity index (χ4n) is 1.37. The molecule has 0 amide bonds. The molecule has 0 radical (unpaired) electrons. The van der Waals surface area contributed by atoms with Crippen LogP contribution in [0, 0.1) is 10.1 Å². The zero-order chi connectivity index (χ0) is 15.7. The minimum atomic E-state index is -4.29. The Morgan fingerprint density at radius 2 is 2.05 bits per heavy atom. The van der Waals surface area contributed by atoms with E-state index in [1.54, 1.807) is 0 Å². The quantitative estimate of drug-likeness (QED) is 0.622. The summed E-state index contributed by atoms with van der Waals surface area (Å²) in [7, 11) is -3.23. The number of halogens is 1. The topological polar surface area (TPSA) is 118 Å². The van der Waals surface area contributed by atoms with Gasteiger partial charge in [0.25, 0.3) is 5.69 Å². The third-order valence-electron chi connectivity index (χ3n) is 2.68. The first kappa shape index (κ1) is 16.5. The van der Waals surface area contributed by atoms with Gasteiger partial charge < -0.3 is 5.11 Å². The lowest BCUT2D eigenvalue weighted by molar-refractivity contribution is -0.387. The molecule has 110 valence electrons. The van der Waals surface area contributed by atoms with Crippen LogP contribution in [0.5, 0.6) is 0 Å². The van der Waals surface area contributed by atoms with Crippen LogP contribution in [0.1, 0.15) is 6.92 Å². The predicted octanol–water partition coefficient (Wildman–Crippen LogP) is 1.45. The lowest BCUT2D eigenvalue weighted by Gasteiger charge is -2.20. The maximum Gasteiger partial charge on any atom is 0.321 e. The number of carbonyl (C=O) groups is 1. The van der Waals surface area contributed by atoms with E-state index in [4.69, 9.17) is 5.11 Å². The number of carboxylic acids is 1. The largest absolute Gasteiger partial charge is 0.480 e. The number of hydrogen-bond acceptors (Lipinski definition) is 5. The van der Waals surface area contributed by atoms with Gasteiger partial charge in [-0.15, -0.1) is 0 Å². The van der Waals surface area contributed by atoms with Crippen molar-refractivity contribution < 1.29 is 23.2 Å². The van der Waals surface area contributed by atoms with Gasteiger partial charge in [0.1, 0.15) is 6.04 Å². The van der Waals surface area contributed by atoms with Crippen molar-refractivity contribution in [3.05, 3.63) is 32.8 Å². The van der Waals surface area contributed by atoms with E-state index in [-0.39, 0.29) is 0 Å². The van der Waals surface area contributed by atoms with Crippen LogP contribution in [0.3, 0.4) is 0 Å². The molecule has 8 nitrogen and oxygen atoms in total. The van der Waals surface area contributed by atoms with Crippen molar-refractivity contribution in [2.45, 2.75) is 17.9 Å². The molecule has 1 aromatic carbocycles. The molecule has 1 aromatic rings. The second-order valence-electron chi connectivity index (χ2n) is 3.90. The molecule has 0 spiro atoms. The Hall–Kier alpha value is -1.52. The van der Waals surface area contributed by atoms with Crippen LogP contribution in [0.15, 0.2) is 27.6 Å². The smallest absolute Gasteiger partial charge is 0.321 e. The second kappa shape index (κ2) is 5.85. The van der Waals surface area contributed by atoms with Crippen molar-refractivity contribution in [1.29, 1.82) is 0 Å². The normalized spacial score (nSPS) is 13.2. The first-order chi connectivity index (χ1) is 9.09. The van der Waals surface area contributed by atoms with Crippen molar-refractivity contribution in [3.8, 4) is 0 Å². The van der Waals surface area contributed by atoms with Gasteiger partial charge in [-0.1, -0.05) is 15.9 Å². The van der Waals surface area contributed by atoms with E-state index in [0.29, 0.717) is 8.78 Å². The molecule has 1 atom stereocenters. The monoisotopic (exact) mass is 366 g/mol. The van der Waals surface area contributed by atoms with Crippen LogP contribution >= 0.6 is 15.9 Å². The number of hydrogen-bond donors (Lipinski definition) is 1. The Balaban J connectivity index is 3.43. The number of carboxylic acid groups (broad SMARTS) is 1. The summed E-state index contributed by atoms with van der Waals surface area (Å²) in [5.41, 5.74) is -0.621. The molecule has 0 aromatic heterocycles. The highest BCUT2D eigenvalue weighted by atomic mass is 79.9. The van der Waals surface area contributed by atoms with Gasteiger partial charge in [0.15, 0.2) is 4.90 Å². The van der Waals surface area contributed by atoms with Gasteiger partial charge in [0.2, 0.25) is 10.0 Å². The van der Waals surface area contributed by atoms with E-state index in [9.17, 15) is 23.3 Å². The standard InChI is InChI=1S/C10H11BrN2O6S/c1-6(10(14)15)12(2)20(18,19)9-4-3-7(11)5-8(9)13(16)17/h3-6H,1-2H3,(H,14,15). The van der Waals surface area contributed by atoms with Gasteiger partial charge >= 0.3 is 5.97 Å². The first-order valence-corrected chi connectivity index (χ1v) is 7.47. The number of nitro groups is 1. The molecule has 0 aliphatic heterocycles. The van der Waals surface area contributed by atoms with Gasteiger partial charge in [-0.05, 0) is 19.1 Å². The molecule has 1 N–H and O–H groups in total. The highest BCUT2D eigenvalue weighted by molar-refractivity contribution is 9.10. The van der Waals surface area contributed by atoms with Crippen LogP contribution in [0.2, 0.25) is 0 Å². The fourth-order valence-corrected chi connectivity index (χ4v) is 3.17. The molecule has 0 saturated heterocycles. The van der Waals surface area contributed by atoms with E-state index in [2.05, 4.69) is 15.9 Å². The molecule has 1 rings (SSSR count). The van der Waals surface area contributed by atoms with Gasteiger partial charge in [0.05, 0.1) is 4.92 Å². The van der Waals surface area contributed by atoms with Crippen molar-refractivity contribution >= 4 is 37.6 Å². The summed E-state index contributed by atoms with van der Waals surface area (Å²) in [4.78, 5) is 20.4. The van der Waals surface area contributed by atoms with E-state index in [0.717, 1.165) is 19.2 Å². The lowest BCUT2D eigenvalue weighted by Crippen LogP contribution is -2.40. The molecule has 0 bridgehead atoms. The Morgan fingerprint density at radius 1 is 1.50 bits per heavy atom. The van der Waals surface area contributed by atoms with E-state index >= 15 is 0 Å². The fraction of sp³-hybridized carbons (Fsp3) is 0.300. The molecule has 0 fully saturated rings. The van der Waals surface area contributed by atoms with Crippen LogP contribution in [-0.2, 0) is 14.8 Å². The minimum Gasteiger partial charge on any atom is -0.480 e. The Morgan fingerprint density at radius 3 is 2.50 bits per heavy atom. The zero-order valence-corrected chi connectivity index (χ0v) is 12.9. The van der Waals surface area contributed by atoms with E-state index in [1.807, 2.05) is 0 Å². The second-order valence-corrected chi connectivity index (χ2v) is 6.79. The number of benzene rings is 1. The highest BCUT2D eigenvalue weighted by Gasteiger charge is 2.34. The third-order valence-corrected chi connectivity index (χ3v) is 5.15. The number of nitrogens with zero attached hydrogens (tertiary/aromatic N) is 2. The molecule has 1 unspecified atom stereocenters. The molecule has 0 saturated carbocycles. The predicted molar refractivity (Wildman–Crippen MR) is 72.8 cm³/mol. The van der Waals surface area contributed by atoms with Crippen molar-refractivity contribution in [1.82, 2.24) is 4.31 Å². The minimum absolute atomic E-state index is 0.345. The summed E-state index contributed by atoms with van der Waals surface area (Å²) < 4.78 is 25.4. The number of sulfonamides is 1. The van der Waals surface area contributed by atoms with E-state index in [1.165, 1.54) is 13.0 Å². The third kappa shape index (κ3) is 3.14. The average Bonchev–Trinajstić information content (AvgIpc) is 2.36. The molecule has 20 heavy (non-hydrogen) atoms. The van der Waals surface area contributed by atoms with Crippen LogP contribution in [0.4, 0.5) is 5.69 Å². The maximum atomic E-state index is 12.3. The molecule has 10 heteroatoms. The van der Waals surface area contributed by atoms with Gasteiger partial charge in [-0.2, -0.15) is 4.31 Å². The Labute approximate surface area is 123 Å². The summed E-state index contributed by atoms with van der Waals surface area (Å²) in [5, 5.41) is 19.8. The van der Waals surface area contributed by atoms with Gasteiger partial charge in [0, 0.05) is 17.6 Å². The Kier molecular flexibility index (Phi) is 4.84. The zero-order valence-electron chi connectivity index (χ0n) is 10.5. The SMILES string of the molecule is CC(C(=O)O)N(C)S(=O)(=O)c1ccc(Br)cc1[N+](=O)[O-]. The lowest BCUT2D eigenvalue weighted by atomic mass is 10.3. The molecule has 0 aliphatic carbocycles. The number of rotatable bonds is 5. The van der Waals surface area contributed by atoms with Gasteiger partial charge in [-0.25, -0.2) is 8.42 Å². The van der Waals surface area contributed by atoms with Gasteiger partial charge in [-0.3, -0.25) is 14.9 Å². The van der Waals surface area contributed by atoms with Crippen LogP contribution in [0.25, 0.3) is 0 Å². The van der Waals surface area contributed by atoms with Crippen LogP contribution in [-0.4, -0.2) is 41.8 Å². The van der Waals surface area contributed by atoms with Crippen molar-refractivity contribution in [2.75, 3.05) is 7.05 Å². The number of aliphatic carboxylic acids is 1. The van der Waals surface area contributed by atoms with Crippen molar-refractivity contribution in [3.63, 3.8) is 0 Å². The first-order valence-electron chi connectivity index (χ1n) is 5.23. The van der Waals surface area contributed by atoms with Crippen molar-refractivity contribution in [2.24, 2.45) is 0 Å². The average molecular weight is 367 g/mol. The summed E-state index contributed by atoms with van der Waals surface area (Å²) in [6.07, 6.45) is 0. The molecule has 0 heterocycles. The molecule has 0 aliphatic rings.